The van der Waals surface area contributed by atoms with E-state index in [1.165, 1.54) is 30.4 Å². The zero-order valence-electron chi connectivity index (χ0n) is 11.9. The summed E-state index contributed by atoms with van der Waals surface area (Å²) in [6.07, 6.45) is 6.13. The number of nitrogens with zero attached hydrogens (tertiary/aromatic N) is 2. The molecule has 0 bridgehead atoms. The topological polar surface area (TPSA) is 53.4 Å². The molecule has 0 radical (unpaired) electrons. The highest BCUT2D eigenvalue weighted by atomic mass is 16.6. The van der Waals surface area contributed by atoms with Gasteiger partial charge in [0.15, 0.2) is 0 Å². The van der Waals surface area contributed by atoms with Crippen molar-refractivity contribution in [3.8, 4) is 5.88 Å². The van der Waals surface area contributed by atoms with Crippen LogP contribution in [0.5, 0.6) is 5.88 Å². The van der Waals surface area contributed by atoms with Gasteiger partial charge in [0.05, 0.1) is 6.61 Å². The standard InChI is InChI=1S/C14H22N2O3/c1-14(2,3)19-13(17)16-9-8-12(15-16)18-10-11-6-4-5-7-11/h8-9,11H,4-7,10H2,1-3H3. The van der Waals surface area contributed by atoms with Gasteiger partial charge in [-0.2, -0.15) is 4.68 Å². The summed E-state index contributed by atoms with van der Waals surface area (Å²) in [5.74, 6) is 1.12. The molecule has 106 valence electrons. The van der Waals surface area contributed by atoms with Crippen molar-refractivity contribution in [1.29, 1.82) is 0 Å². The van der Waals surface area contributed by atoms with Crippen LogP contribution in [0.3, 0.4) is 0 Å². The molecule has 1 heterocycles. The summed E-state index contributed by atoms with van der Waals surface area (Å²) in [7, 11) is 0. The molecular formula is C14H22N2O3. The number of carbonyl (C=O) groups is 1. The number of aromatic nitrogens is 2. The van der Waals surface area contributed by atoms with Crippen LogP contribution in [-0.4, -0.2) is 28.1 Å². The zero-order chi connectivity index (χ0) is 13.9. The van der Waals surface area contributed by atoms with Gasteiger partial charge >= 0.3 is 6.09 Å². The van der Waals surface area contributed by atoms with Gasteiger partial charge in [0.25, 0.3) is 0 Å². The molecule has 1 aliphatic rings. The van der Waals surface area contributed by atoms with Gasteiger partial charge in [-0.25, -0.2) is 4.79 Å². The molecule has 5 nitrogen and oxygen atoms in total. The molecule has 0 saturated heterocycles. The van der Waals surface area contributed by atoms with Gasteiger partial charge in [-0.05, 0) is 39.5 Å². The maximum Gasteiger partial charge on any atom is 0.435 e. The molecule has 2 rings (SSSR count). The van der Waals surface area contributed by atoms with Crippen molar-refractivity contribution in [2.24, 2.45) is 5.92 Å². The van der Waals surface area contributed by atoms with Crippen molar-refractivity contribution in [2.75, 3.05) is 6.61 Å². The van der Waals surface area contributed by atoms with Crippen LogP contribution in [0.2, 0.25) is 0 Å². The second-order valence-corrected chi connectivity index (χ2v) is 6.04. The molecule has 1 fully saturated rings. The first-order chi connectivity index (χ1) is 8.94. The Balaban J connectivity index is 1.85. The Bertz CT molecular complexity index is 428. The molecule has 0 amide bonds. The molecule has 0 unspecified atom stereocenters. The SMILES string of the molecule is CC(C)(C)OC(=O)n1ccc(OCC2CCCC2)n1. The number of ether oxygens (including phenoxy) is 2. The lowest BCUT2D eigenvalue weighted by atomic mass is 10.1. The molecule has 1 aromatic rings. The molecule has 0 aliphatic heterocycles. The second kappa shape index (κ2) is 5.63. The molecular weight excluding hydrogens is 244 g/mol. The third kappa shape index (κ3) is 4.26. The van der Waals surface area contributed by atoms with Crippen LogP contribution in [0.15, 0.2) is 12.3 Å². The first kappa shape index (κ1) is 13.9. The van der Waals surface area contributed by atoms with Gasteiger partial charge in [0.1, 0.15) is 5.60 Å². The van der Waals surface area contributed by atoms with Crippen LogP contribution in [0.25, 0.3) is 0 Å². The van der Waals surface area contributed by atoms with E-state index in [-0.39, 0.29) is 0 Å². The zero-order valence-corrected chi connectivity index (χ0v) is 11.9. The molecule has 0 spiro atoms. The van der Waals surface area contributed by atoms with E-state index in [4.69, 9.17) is 9.47 Å². The minimum Gasteiger partial charge on any atom is -0.476 e. The number of rotatable bonds is 3. The second-order valence-electron chi connectivity index (χ2n) is 6.04. The van der Waals surface area contributed by atoms with Gasteiger partial charge in [0.2, 0.25) is 5.88 Å². The van der Waals surface area contributed by atoms with Gasteiger partial charge in [-0.15, -0.1) is 5.10 Å². The molecule has 19 heavy (non-hydrogen) atoms. The van der Waals surface area contributed by atoms with Crippen LogP contribution < -0.4 is 4.74 Å². The summed E-state index contributed by atoms with van der Waals surface area (Å²) in [4.78, 5) is 11.8. The lowest BCUT2D eigenvalue weighted by Crippen LogP contribution is -2.27. The Morgan fingerprint density at radius 1 is 1.42 bits per heavy atom. The minimum atomic E-state index is -0.520. The fraction of sp³-hybridized carbons (Fsp3) is 0.714. The van der Waals surface area contributed by atoms with E-state index in [1.807, 2.05) is 20.8 Å². The maximum absolute atomic E-state index is 11.8. The molecule has 5 heteroatoms. The Labute approximate surface area is 113 Å². The van der Waals surface area contributed by atoms with Crippen molar-refractivity contribution >= 4 is 6.09 Å². The van der Waals surface area contributed by atoms with Crippen molar-refractivity contribution in [3.63, 3.8) is 0 Å². The van der Waals surface area contributed by atoms with Gasteiger partial charge in [0, 0.05) is 12.3 Å². The van der Waals surface area contributed by atoms with Crippen LogP contribution >= 0.6 is 0 Å². The predicted octanol–water partition coefficient (Wildman–Crippen LogP) is 3.24. The molecule has 1 aromatic heterocycles. The van der Waals surface area contributed by atoms with Crippen molar-refractivity contribution < 1.29 is 14.3 Å². The van der Waals surface area contributed by atoms with Crippen LogP contribution in [0.1, 0.15) is 46.5 Å². The van der Waals surface area contributed by atoms with E-state index in [9.17, 15) is 4.79 Å². The third-order valence-electron chi connectivity index (χ3n) is 3.09. The summed E-state index contributed by atoms with van der Waals surface area (Å²) in [6.45, 7) is 6.16. The smallest absolute Gasteiger partial charge is 0.435 e. The average Bonchev–Trinajstić information content (AvgIpc) is 2.96. The molecule has 0 N–H and O–H groups in total. The Morgan fingerprint density at radius 3 is 2.74 bits per heavy atom. The summed E-state index contributed by atoms with van der Waals surface area (Å²) < 4.78 is 12.0. The molecule has 0 atom stereocenters. The molecule has 1 aliphatic carbocycles. The fourth-order valence-electron chi connectivity index (χ4n) is 2.17. The van der Waals surface area contributed by atoms with Crippen molar-refractivity contribution in [3.05, 3.63) is 12.3 Å². The Morgan fingerprint density at radius 2 is 2.11 bits per heavy atom. The third-order valence-corrected chi connectivity index (χ3v) is 3.09. The lowest BCUT2D eigenvalue weighted by Gasteiger charge is -2.18. The Hall–Kier alpha value is -1.52. The van der Waals surface area contributed by atoms with Gasteiger partial charge < -0.3 is 9.47 Å². The van der Waals surface area contributed by atoms with Crippen molar-refractivity contribution in [1.82, 2.24) is 9.78 Å². The van der Waals surface area contributed by atoms with Crippen LogP contribution in [0, 0.1) is 5.92 Å². The lowest BCUT2D eigenvalue weighted by molar-refractivity contribution is 0.0511. The monoisotopic (exact) mass is 266 g/mol. The quantitative estimate of drug-likeness (QED) is 0.842. The highest BCUT2D eigenvalue weighted by Gasteiger charge is 2.19. The van der Waals surface area contributed by atoms with Gasteiger partial charge in [-0.3, -0.25) is 0 Å². The van der Waals surface area contributed by atoms with E-state index in [2.05, 4.69) is 5.10 Å². The normalized spacial score (nSPS) is 16.6. The summed E-state index contributed by atoms with van der Waals surface area (Å²) in [5, 5.41) is 4.08. The fourth-order valence-corrected chi connectivity index (χ4v) is 2.17. The van der Waals surface area contributed by atoms with E-state index >= 15 is 0 Å². The van der Waals surface area contributed by atoms with E-state index in [0.29, 0.717) is 18.4 Å². The summed E-state index contributed by atoms with van der Waals surface area (Å²) in [5.41, 5.74) is -0.520. The Kier molecular flexibility index (Phi) is 4.12. The van der Waals surface area contributed by atoms with E-state index in [0.717, 1.165) is 0 Å². The predicted molar refractivity (Wildman–Crippen MR) is 71.3 cm³/mol. The highest BCUT2D eigenvalue weighted by molar-refractivity contribution is 5.69. The first-order valence-electron chi connectivity index (χ1n) is 6.86. The van der Waals surface area contributed by atoms with Crippen molar-refractivity contribution in [2.45, 2.75) is 52.1 Å². The van der Waals surface area contributed by atoms with E-state index in [1.54, 1.807) is 12.3 Å². The molecule has 1 saturated carbocycles. The van der Waals surface area contributed by atoms with Gasteiger partial charge in [-0.1, -0.05) is 12.8 Å². The summed E-state index contributed by atoms with van der Waals surface area (Å²) in [6, 6.07) is 1.69. The average molecular weight is 266 g/mol. The summed E-state index contributed by atoms with van der Waals surface area (Å²) >= 11 is 0. The molecule has 0 aromatic carbocycles. The number of carbonyl (C=O) groups excluding carboxylic acids is 1. The highest BCUT2D eigenvalue weighted by Crippen LogP contribution is 2.25. The number of hydrogen-bond donors (Lipinski definition) is 0. The van der Waals surface area contributed by atoms with Crippen LogP contribution in [0.4, 0.5) is 4.79 Å². The van der Waals surface area contributed by atoms with E-state index < -0.39 is 11.7 Å². The number of hydrogen-bond acceptors (Lipinski definition) is 4. The first-order valence-corrected chi connectivity index (χ1v) is 6.86. The largest absolute Gasteiger partial charge is 0.476 e. The maximum atomic E-state index is 11.8. The van der Waals surface area contributed by atoms with Crippen LogP contribution in [-0.2, 0) is 4.74 Å². The minimum absolute atomic E-state index is 0.483.